The van der Waals surface area contributed by atoms with Crippen molar-refractivity contribution >= 4 is 29.2 Å². The van der Waals surface area contributed by atoms with Gasteiger partial charge in [-0.3, -0.25) is 10.1 Å². The fourth-order valence-corrected chi connectivity index (χ4v) is 1.25. The maximum Gasteiger partial charge on any atom is 0.311 e. The van der Waals surface area contributed by atoms with Gasteiger partial charge in [-0.1, -0.05) is 0 Å². The summed E-state index contributed by atoms with van der Waals surface area (Å²) in [5.74, 6) is 0.218. The molecule has 0 spiro atoms. The molecule has 0 amide bonds. The minimum absolute atomic E-state index is 0.0933. The molecule has 96 valence electrons. The fraction of sp³-hybridized carbons (Fsp3) is 0.200. The van der Waals surface area contributed by atoms with E-state index in [-0.39, 0.29) is 11.4 Å². The van der Waals surface area contributed by atoms with Gasteiger partial charge in [-0.05, 0) is 24.4 Å². The Balaban J connectivity index is 2.88. The smallest absolute Gasteiger partial charge is 0.311 e. The fourth-order valence-electron chi connectivity index (χ4n) is 1.19. The number of nitrogens with one attached hydrogen (secondary N) is 3. The van der Waals surface area contributed by atoms with Gasteiger partial charge in [0.2, 0.25) is 5.11 Å². The van der Waals surface area contributed by atoms with Crippen LogP contribution in [0.5, 0.6) is 5.75 Å². The first-order chi connectivity index (χ1) is 8.58. The summed E-state index contributed by atoms with van der Waals surface area (Å²) < 4.78 is 4.90. The molecule has 0 heterocycles. The van der Waals surface area contributed by atoms with Crippen molar-refractivity contribution in [3.63, 3.8) is 0 Å². The molecule has 0 saturated heterocycles. The Morgan fingerprint density at radius 3 is 2.89 bits per heavy atom. The van der Waals surface area contributed by atoms with Gasteiger partial charge in [-0.2, -0.15) is 0 Å². The second kappa shape index (κ2) is 6.50. The topological polar surface area (TPSA) is 90.4 Å². The number of nitro benzene ring substituents is 1. The highest BCUT2D eigenvalue weighted by molar-refractivity contribution is 7.80. The van der Waals surface area contributed by atoms with Crippen molar-refractivity contribution in [1.82, 2.24) is 10.7 Å². The Morgan fingerprint density at radius 2 is 2.33 bits per heavy atom. The van der Waals surface area contributed by atoms with Gasteiger partial charge >= 0.3 is 5.69 Å². The molecule has 0 aliphatic heterocycles. The molecule has 0 radical (unpaired) electrons. The molecule has 1 aromatic carbocycles. The zero-order valence-corrected chi connectivity index (χ0v) is 10.7. The van der Waals surface area contributed by atoms with Gasteiger partial charge in [0.05, 0.1) is 12.0 Å². The number of benzene rings is 1. The third-order valence-electron chi connectivity index (χ3n) is 2.05. The molecule has 18 heavy (non-hydrogen) atoms. The first-order valence-corrected chi connectivity index (χ1v) is 5.38. The van der Waals surface area contributed by atoms with Gasteiger partial charge in [0.1, 0.15) is 0 Å². The van der Waals surface area contributed by atoms with Gasteiger partial charge in [0.25, 0.3) is 0 Å². The van der Waals surface area contributed by atoms with Crippen molar-refractivity contribution in [2.45, 2.75) is 0 Å². The molecule has 1 aromatic rings. The summed E-state index contributed by atoms with van der Waals surface area (Å²) in [6, 6.07) is 4.61. The second-order valence-electron chi connectivity index (χ2n) is 3.18. The van der Waals surface area contributed by atoms with E-state index in [0.29, 0.717) is 10.7 Å². The van der Waals surface area contributed by atoms with Crippen LogP contribution in [-0.4, -0.2) is 30.4 Å². The van der Waals surface area contributed by atoms with Crippen LogP contribution in [0.15, 0.2) is 18.2 Å². The quantitative estimate of drug-likeness (QED) is 0.284. The number of thiocarbonyl (C=S) groups is 1. The van der Waals surface area contributed by atoms with Crippen molar-refractivity contribution in [1.29, 1.82) is 0 Å². The monoisotopic (exact) mass is 269 g/mol. The number of nitro groups is 1. The number of methoxy groups -OCH3 is 1. The standard InChI is InChI=1S/C10H12N4O3S/c1-11-10(18)13-12-6-7-3-4-9(17-2)8(5-7)14(15)16/h3-6H,1-2H3,(H2,11,13,18)/p+1. The molecule has 0 bridgehead atoms. The van der Waals surface area contributed by atoms with Crippen LogP contribution in [0.4, 0.5) is 5.69 Å². The van der Waals surface area contributed by atoms with Crippen LogP contribution in [0.1, 0.15) is 5.56 Å². The van der Waals surface area contributed by atoms with Crippen molar-refractivity contribution in [2.24, 2.45) is 0 Å². The summed E-state index contributed by atoms with van der Waals surface area (Å²) in [5.41, 5.74) is 3.20. The maximum atomic E-state index is 10.8. The maximum absolute atomic E-state index is 10.8. The van der Waals surface area contributed by atoms with E-state index in [0.717, 1.165) is 0 Å². The molecule has 0 aromatic heterocycles. The third kappa shape index (κ3) is 3.67. The molecule has 0 saturated carbocycles. The van der Waals surface area contributed by atoms with E-state index in [1.807, 2.05) is 0 Å². The number of hydrogen-bond donors (Lipinski definition) is 3. The average molecular weight is 269 g/mol. The number of nitrogens with zero attached hydrogens (tertiary/aromatic N) is 1. The predicted molar refractivity (Wildman–Crippen MR) is 70.6 cm³/mol. The molecule has 7 nitrogen and oxygen atoms in total. The summed E-state index contributed by atoms with van der Waals surface area (Å²) in [5, 5.41) is 16.6. The van der Waals surface area contributed by atoms with E-state index in [2.05, 4.69) is 15.8 Å². The minimum Gasteiger partial charge on any atom is -0.490 e. The predicted octanol–water partition coefficient (Wildman–Crippen LogP) is -0.888. The molecule has 0 fully saturated rings. The normalized spacial score (nSPS) is 10.1. The Kier molecular flexibility index (Phi) is 5.00. The number of ether oxygens (including phenoxy) is 1. The van der Waals surface area contributed by atoms with Crippen LogP contribution in [0.3, 0.4) is 0 Å². The Labute approximate surface area is 109 Å². The van der Waals surface area contributed by atoms with Gasteiger partial charge < -0.3 is 10.1 Å². The van der Waals surface area contributed by atoms with E-state index in [1.165, 1.54) is 19.2 Å². The molecule has 8 heteroatoms. The largest absolute Gasteiger partial charge is 0.490 e. The Hall–Kier alpha value is -2.22. The summed E-state index contributed by atoms with van der Waals surface area (Å²) >= 11 is 4.84. The van der Waals surface area contributed by atoms with Gasteiger partial charge in [-0.15, -0.1) is 10.5 Å². The SMILES string of the molecule is CNC(=S)N[NH+]=Cc1ccc(OC)c([N+](=O)[O-])c1. The van der Waals surface area contributed by atoms with Gasteiger partial charge in [0.15, 0.2) is 12.0 Å². The summed E-state index contributed by atoms with van der Waals surface area (Å²) in [7, 11) is 3.06. The minimum atomic E-state index is -0.498. The van der Waals surface area contributed by atoms with Crippen LogP contribution >= 0.6 is 12.2 Å². The van der Waals surface area contributed by atoms with E-state index >= 15 is 0 Å². The van der Waals surface area contributed by atoms with Gasteiger partial charge in [0, 0.05) is 18.7 Å². The number of hydrazone groups is 1. The first kappa shape index (κ1) is 13.8. The van der Waals surface area contributed by atoms with Crippen LogP contribution in [0, 0.1) is 10.1 Å². The molecule has 1 rings (SSSR count). The second-order valence-corrected chi connectivity index (χ2v) is 3.59. The highest BCUT2D eigenvalue weighted by atomic mass is 32.1. The van der Waals surface area contributed by atoms with Crippen LogP contribution in [0.2, 0.25) is 0 Å². The highest BCUT2D eigenvalue weighted by Gasteiger charge is 2.15. The van der Waals surface area contributed by atoms with E-state index in [9.17, 15) is 10.1 Å². The van der Waals surface area contributed by atoms with Crippen LogP contribution in [-0.2, 0) is 0 Å². The van der Waals surface area contributed by atoms with E-state index in [4.69, 9.17) is 17.0 Å². The van der Waals surface area contributed by atoms with E-state index in [1.54, 1.807) is 19.3 Å². The molecule has 0 aliphatic rings. The Morgan fingerprint density at radius 1 is 1.61 bits per heavy atom. The highest BCUT2D eigenvalue weighted by Crippen LogP contribution is 2.26. The lowest BCUT2D eigenvalue weighted by Crippen LogP contribution is -2.82. The number of hydrogen-bond acceptors (Lipinski definition) is 4. The summed E-state index contributed by atoms with van der Waals surface area (Å²) in [6.07, 6.45) is 1.55. The zero-order valence-electron chi connectivity index (χ0n) is 9.89. The lowest BCUT2D eigenvalue weighted by molar-refractivity contribution is -0.500. The zero-order chi connectivity index (χ0) is 13.5. The van der Waals surface area contributed by atoms with Crippen molar-refractivity contribution in [3.05, 3.63) is 33.9 Å². The Bertz CT molecular complexity index is 490. The van der Waals surface area contributed by atoms with Gasteiger partial charge in [-0.25, -0.2) is 0 Å². The van der Waals surface area contributed by atoms with Crippen molar-refractivity contribution < 1.29 is 14.8 Å². The third-order valence-corrected chi connectivity index (χ3v) is 2.36. The summed E-state index contributed by atoms with van der Waals surface area (Å²) in [4.78, 5) is 10.3. The van der Waals surface area contributed by atoms with E-state index < -0.39 is 4.92 Å². The van der Waals surface area contributed by atoms with Crippen LogP contribution in [0.25, 0.3) is 0 Å². The van der Waals surface area contributed by atoms with Crippen molar-refractivity contribution in [2.75, 3.05) is 14.2 Å². The molecular weight excluding hydrogens is 256 g/mol. The molecule has 0 unspecified atom stereocenters. The molecule has 0 atom stereocenters. The number of hydrazine groups is 1. The molecule has 3 N–H and O–H groups in total. The van der Waals surface area contributed by atoms with Crippen molar-refractivity contribution in [3.8, 4) is 5.75 Å². The lowest BCUT2D eigenvalue weighted by atomic mass is 10.2. The average Bonchev–Trinajstić information content (AvgIpc) is 2.38. The molecular formula is C10H13N4O3S+. The number of rotatable bonds is 4. The first-order valence-electron chi connectivity index (χ1n) is 4.97. The summed E-state index contributed by atoms with van der Waals surface area (Å²) in [6.45, 7) is 0. The lowest BCUT2D eigenvalue weighted by Gasteiger charge is -2.00. The van der Waals surface area contributed by atoms with Crippen LogP contribution < -0.4 is 20.6 Å². The molecule has 0 aliphatic carbocycles.